The molecule has 0 bridgehead atoms. The Hall–Kier alpha value is -3.35. The van der Waals surface area contributed by atoms with Gasteiger partial charge in [-0.1, -0.05) is 18.2 Å². The highest BCUT2D eigenvalue weighted by molar-refractivity contribution is 5.83. The minimum Gasteiger partial charge on any atom is -0.497 e. The zero-order valence-corrected chi connectivity index (χ0v) is 19.1. The Morgan fingerprint density at radius 3 is 2.50 bits per heavy atom. The van der Waals surface area contributed by atoms with Gasteiger partial charge in [0.1, 0.15) is 11.5 Å². The predicted molar refractivity (Wildman–Crippen MR) is 131 cm³/mol. The summed E-state index contributed by atoms with van der Waals surface area (Å²) in [5.74, 6) is 2.50. The van der Waals surface area contributed by atoms with Crippen LogP contribution in [0.4, 0.5) is 5.69 Å². The molecule has 1 saturated heterocycles. The number of aromatic amines is 1. The lowest BCUT2D eigenvalue weighted by Crippen LogP contribution is -2.49. The summed E-state index contributed by atoms with van der Waals surface area (Å²) in [6.07, 6.45) is 5.14. The zero-order valence-electron chi connectivity index (χ0n) is 19.1. The highest BCUT2D eigenvalue weighted by atomic mass is 16.5. The zero-order chi connectivity index (χ0) is 22.3. The molecular formula is C25H33N5O2. The maximum absolute atomic E-state index is 5.42. The van der Waals surface area contributed by atoms with Gasteiger partial charge in [0.2, 0.25) is 0 Å². The van der Waals surface area contributed by atoms with Crippen LogP contribution in [0.25, 0.3) is 10.9 Å². The van der Waals surface area contributed by atoms with Crippen molar-refractivity contribution in [3.05, 3.63) is 54.2 Å². The molecule has 32 heavy (non-hydrogen) atoms. The van der Waals surface area contributed by atoms with Gasteiger partial charge in [0.15, 0.2) is 5.96 Å². The highest BCUT2D eigenvalue weighted by Gasteiger charge is 2.21. The molecule has 1 aromatic heterocycles. The van der Waals surface area contributed by atoms with E-state index < -0.39 is 0 Å². The van der Waals surface area contributed by atoms with Gasteiger partial charge in [0.25, 0.3) is 0 Å². The van der Waals surface area contributed by atoms with Crippen LogP contribution in [-0.4, -0.2) is 57.9 Å². The summed E-state index contributed by atoms with van der Waals surface area (Å²) in [6.45, 7) is 2.78. The highest BCUT2D eigenvalue weighted by Crippen LogP contribution is 2.30. The van der Waals surface area contributed by atoms with E-state index >= 15 is 0 Å². The number of guanidine groups is 1. The Kier molecular flexibility index (Phi) is 7.04. The van der Waals surface area contributed by atoms with Crippen LogP contribution in [0.15, 0.2) is 53.7 Å². The largest absolute Gasteiger partial charge is 0.497 e. The van der Waals surface area contributed by atoms with Crippen molar-refractivity contribution in [3.63, 3.8) is 0 Å². The number of aromatic nitrogens is 1. The number of ether oxygens (including phenoxy) is 2. The lowest BCUT2D eigenvalue weighted by molar-refractivity contribution is 0.393. The smallest absolute Gasteiger partial charge is 0.191 e. The number of methoxy groups -OCH3 is 2. The number of para-hydroxylation sites is 1. The van der Waals surface area contributed by atoms with Gasteiger partial charge in [-0.05, 0) is 30.9 Å². The maximum Gasteiger partial charge on any atom is 0.191 e. The third-order valence-corrected chi connectivity index (χ3v) is 6.12. The average molecular weight is 436 g/mol. The van der Waals surface area contributed by atoms with Gasteiger partial charge in [-0.2, -0.15) is 0 Å². The van der Waals surface area contributed by atoms with Crippen molar-refractivity contribution in [2.45, 2.75) is 25.3 Å². The summed E-state index contributed by atoms with van der Waals surface area (Å²) in [5, 5.41) is 8.36. The van der Waals surface area contributed by atoms with Gasteiger partial charge in [-0.15, -0.1) is 0 Å². The van der Waals surface area contributed by atoms with Crippen LogP contribution < -0.4 is 25.0 Å². The van der Waals surface area contributed by atoms with Gasteiger partial charge in [-0.25, -0.2) is 0 Å². The number of anilines is 1. The van der Waals surface area contributed by atoms with Crippen LogP contribution in [0.1, 0.15) is 18.4 Å². The van der Waals surface area contributed by atoms with E-state index in [0.717, 1.165) is 62.0 Å². The third kappa shape index (κ3) is 5.10. The lowest BCUT2D eigenvalue weighted by atomic mass is 10.0. The van der Waals surface area contributed by atoms with Gasteiger partial charge < -0.3 is 30.0 Å². The molecule has 0 unspecified atom stereocenters. The monoisotopic (exact) mass is 435 g/mol. The first-order valence-corrected chi connectivity index (χ1v) is 11.2. The molecule has 2 heterocycles. The number of nitrogens with zero attached hydrogens (tertiary/aromatic N) is 2. The summed E-state index contributed by atoms with van der Waals surface area (Å²) in [5.41, 5.74) is 3.65. The third-order valence-electron chi connectivity index (χ3n) is 6.12. The number of hydrogen-bond donors (Lipinski definition) is 3. The first-order valence-electron chi connectivity index (χ1n) is 11.2. The van der Waals surface area contributed by atoms with Crippen molar-refractivity contribution in [1.29, 1.82) is 0 Å². The molecule has 0 radical (unpaired) electrons. The van der Waals surface area contributed by atoms with Crippen LogP contribution in [0.3, 0.4) is 0 Å². The van der Waals surface area contributed by atoms with Crippen LogP contribution >= 0.6 is 0 Å². The van der Waals surface area contributed by atoms with Gasteiger partial charge >= 0.3 is 0 Å². The molecular weight excluding hydrogens is 402 g/mol. The fraction of sp³-hybridized carbons (Fsp3) is 0.400. The van der Waals surface area contributed by atoms with E-state index in [-0.39, 0.29) is 0 Å². The van der Waals surface area contributed by atoms with Crippen LogP contribution in [0.2, 0.25) is 0 Å². The molecule has 3 N–H and O–H groups in total. The van der Waals surface area contributed by atoms with E-state index in [1.807, 2.05) is 13.1 Å². The van der Waals surface area contributed by atoms with E-state index in [1.165, 1.54) is 16.5 Å². The normalized spacial score (nSPS) is 15.1. The van der Waals surface area contributed by atoms with Crippen LogP contribution in [0, 0.1) is 0 Å². The number of benzene rings is 2. The van der Waals surface area contributed by atoms with Crippen molar-refractivity contribution >= 4 is 22.5 Å². The number of H-pyrrole nitrogens is 1. The fourth-order valence-corrected chi connectivity index (χ4v) is 4.30. The SMILES string of the molecule is CN=C(NCCc1c[nH]c2ccccc12)NC1CCN(c2cc(OC)cc(OC)c2)CC1. The number of nitrogens with one attached hydrogen (secondary N) is 3. The van der Waals surface area contributed by atoms with Gasteiger partial charge in [0, 0.05) is 73.7 Å². The summed E-state index contributed by atoms with van der Waals surface area (Å²) < 4.78 is 10.8. The van der Waals surface area contributed by atoms with Gasteiger partial charge in [0.05, 0.1) is 14.2 Å². The topological polar surface area (TPSA) is 73.9 Å². The molecule has 1 aliphatic rings. The summed E-state index contributed by atoms with van der Waals surface area (Å²) in [4.78, 5) is 10.2. The Morgan fingerprint density at radius 2 is 1.81 bits per heavy atom. The first kappa shape index (κ1) is 21.9. The number of fused-ring (bicyclic) bond motifs is 1. The van der Waals surface area contributed by atoms with E-state index in [1.54, 1.807) is 14.2 Å². The molecule has 1 fully saturated rings. The molecule has 3 aromatic rings. The summed E-state index contributed by atoms with van der Waals surface area (Å²) in [6, 6.07) is 14.9. The molecule has 0 aliphatic carbocycles. The van der Waals surface area contributed by atoms with Crippen molar-refractivity contribution in [2.75, 3.05) is 45.8 Å². The van der Waals surface area contributed by atoms with Crippen molar-refractivity contribution in [2.24, 2.45) is 4.99 Å². The van der Waals surface area contributed by atoms with E-state index in [9.17, 15) is 0 Å². The Morgan fingerprint density at radius 1 is 1.09 bits per heavy atom. The molecule has 0 amide bonds. The van der Waals surface area contributed by atoms with Crippen molar-refractivity contribution < 1.29 is 9.47 Å². The fourth-order valence-electron chi connectivity index (χ4n) is 4.30. The first-order chi connectivity index (χ1) is 15.7. The Labute approximate surface area is 189 Å². The predicted octanol–water partition coefficient (Wildman–Crippen LogP) is 3.56. The van der Waals surface area contributed by atoms with Gasteiger partial charge in [-0.3, -0.25) is 4.99 Å². The molecule has 2 aromatic carbocycles. The standard InChI is InChI=1S/C25H33N5O2/c1-26-25(27-11-8-18-17-28-24-7-5-4-6-23(18)24)29-19-9-12-30(13-10-19)20-14-21(31-2)16-22(15-20)32-3/h4-7,14-17,19,28H,8-13H2,1-3H3,(H2,26,27,29). The molecule has 170 valence electrons. The second-order valence-electron chi connectivity index (χ2n) is 8.09. The second kappa shape index (κ2) is 10.3. The van der Waals surface area contributed by atoms with Crippen LogP contribution in [0.5, 0.6) is 11.5 Å². The lowest BCUT2D eigenvalue weighted by Gasteiger charge is -2.34. The molecule has 1 aliphatic heterocycles. The molecule has 0 spiro atoms. The minimum absolute atomic E-state index is 0.401. The summed E-state index contributed by atoms with van der Waals surface area (Å²) in [7, 11) is 5.20. The average Bonchev–Trinajstić information content (AvgIpc) is 3.26. The molecule has 7 nitrogen and oxygen atoms in total. The van der Waals surface area contributed by atoms with Crippen molar-refractivity contribution in [3.8, 4) is 11.5 Å². The quantitative estimate of drug-likeness (QED) is 0.391. The molecule has 4 rings (SSSR count). The Balaban J connectivity index is 1.26. The van der Waals surface area contributed by atoms with Crippen LogP contribution in [-0.2, 0) is 6.42 Å². The molecule has 7 heteroatoms. The maximum atomic E-state index is 5.42. The molecule has 0 atom stereocenters. The second-order valence-corrected chi connectivity index (χ2v) is 8.09. The van der Waals surface area contributed by atoms with E-state index in [4.69, 9.17) is 9.47 Å². The molecule has 0 saturated carbocycles. The number of aliphatic imine (C=N–C) groups is 1. The summed E-state index contributed by atoms with van der Waals surface area (Å²) >= 11 is 0. The van der Waals surface area contributed by atoms with E-state index in [2.05, 4.69) is 68.1 Å². The minimum atomic E-state index is 0.401. The Bertz CT molecular complexity index is 1030. The number of hydrogen-bond acceptors (Lipinski definition) is 4. The number of rotatable bonds is 7. The number of piperidine rings is 1. The van der Waals surface area contributed by atoms with Crippen molar-refractivity contribution in [1.82, 2.24) is 15.6 Å². The van der Waals surface area contributed by atoms with E-state index in [0.29, 0.717) is 6.04 Å².